The van der Waals surface area contributed by atoms with Gasteiger partial charge in [-0.25, -0.2) is 0 Å². The molecule has 0 aliphatic heterocycles. The van der Waals surface area contributed by atoms with Crippen molar-refractivity contribution in [1.82, 2.24) is 4.90 Å². The average molecular weight is 337 g/mol. The van der Waals surface area contributed by atoms with Gasteiger partial charge in [0.05, 0.1) is 0 Å². The normalized spacial score (nSPS) is 23.9. The van der Waals surface area contributed by atoms with E-state index in [1.807, 2.05) is 0 Å². The van der Waals surface area contributed by atoms with Crippen LogP contribution in [0.25, 0.3) is 0 Å². The zero-order valence-corrected chi connectivity index (χ0v) is 14.9. The summed E-state index contributed by atoms with van der Waals surface area (Å²) in [5, 5.41) is 0. The largest absolute Gasteiger partial charge is 0.335 e. The third-order valence-electron chi connectivity index (χ3n) is 5.12. The molecule has 4 heteroatoms. The molecule has 3 nitrogen and oxygen atoms in total. The van der Waals surface area contributed by atoms with Crippen molar-refractivity contribution >= 4 is 18.3 Å². The smallest absolute Gasteiger partial charge is 0.226 e. The summed E-state index contributed by atoms with van der Waals surface area (Å²) in [7, 11) is 0. The van der Waals surface area contributed by atoms with E-state index in [1.165, 1.54) is 11.1 Å². The number of hydrogen-bond acceptors (Lipinski definition) is 2. The molecule has 23 heavy (non-hydrogen) atoms. The number of hydrogen-bond donors (Lipinski definition) is 1. The summed E-state index contributed by atoms with van der Waals surface area (Å²) >= 11 is 0. The third-order valence-corrected chi connectivity index (χ3v) is 5.12. The molecule has 0 bridgehead atoms. The van der Waals surface area contributed by atoms with Gasteiger partial charge in [0.1, 0.15) is 0 Å². The van der Waals surface area contributed by atoms with E-state index in [-0.39, 0.29) is 24.4 Å². The molecule has 2 aliphatic carbocycles. The number of benzene rings is 1. The predicted molar refractivity (Wildman–Crippen MR) is 96.6 cm³/mol. The van der Waals surface area contributed by atoms with Crippen molar-refractivity contribution in [3.05, 3.63) is 35.4 Å². The summed E-state index contributed by atoms with van der Waals surface area (Å²) in [6.45, 7) is 2.93. The number of amides is 1. The Morgan fingerprint density at radius 1 is 1.13 bits per heavy atom. The van der Waals surface area contributed by atoms with E-state index >= 15 is 0 Å². The maximum absolute atomic E-state index is 12.9. The standard InChI is InChI=1S/C19H28N2O.ClH/c1-2-14-6-8-15(9-7-14)13-21(18-10-11-18)19(22)16-4-3-5-17(20)12-16;/h6-9,16-18H,2-5,10-13,20H2,1H3;1H. The number of nitrogens with zero attached hydrogens (tertiary/aromatic N) is 1. The van der Waals surface area contributed by atoms with Crippen LogP contribution in [-0.4, -0.2) is 22.9 Å². The Morgan fingerprint density at radius 3 is 2.35 bits per heavy atom. The molecule has 1 amide bonds. The molecule has 0 aromatic heterocycles. The van der Waals surface area contributed by atoms with Gasteiger partial charge in [-0.2, -0.15) is 0 Å². The molecule has 2 fully saturated rings. The highest BCUT2D eigenvalue weighted by Crippen LogP contribution is 2.33. The Labute approximate surface area is 146 Å². The van der Waals surface area contributed by atoms with E-state index in [9.17, 15) is 4.79 Å². The van der Waals surface area contributed by atoms with E-state index in [4.69, 9.17) is 5.73 Å². The van der Waals surface area contributed by atoms with Gasteiger partial charge in [0.25, 0.3) is 0 Å². The first-order valence-electron chi connectivity index (χ1n) is 8.81. The number of carbonyl (C=O) groups excluding carboxylic acids is 1. The second-order valence-electron chi connectivity index (χ2n) is 6.99. The monoisotopic (exact) mass is 336 g/mol. The topological polar surface area (TPSA) is 46.3 Å². The van der Waals surface area contributed by atoms with Crippen LogP contribution in [0.1, 0.15) is 56.6 Å². The first-order valence-corrected chi connectivity index (χ1v) is 8.81. The fourth-order valence-corrected chi connectivity index (χ4v) is 3.54. The van der Waals surface area contributed by atoms with Crippen molar-refractivity contribution in [2.24, 2.45) is 11.7 Å². The molecule has 1 aromatic rings. The van der Waals surface area contributed by atoms with E-state index < -0.39 is 0 Å². The fraction of sp³-hybridized carbons (Fsp3) is 0.632. The first-order chi connectivity index (χ1) is 10.7. The average Bonchev–Trinajstić information content (AvgIpc) is 3.37. The summed E-state index contributed by atoms with van der Waals surface area (Å²) < 4.78 is 0. The minimum absolute atomic E-state index is 0. The van der Waals surface area contributed by atoms with Crippen molar-refractivity contribution in [2.75, 3.05) is 0 Å². The SMILES string of the molecule is CCc1ccc(CN(C(=O)C2CCCC(N)C2)C2CC2)cc1.Cl. The zero-order valence-electron chi connectivity index (χ0n) is 14.0. The highest BCUT2D eigenvalue weighted by atomic mass is 35.5. The van der Waals surface area contributed by atoms with E-state index in [2.05, 4.69) is 36.1 Å². The number of aryl methyl sites for hydroxylation is 1. The Bertz CT molecular complexity index is 513. The summed E-state index contributed by atoms with van der Waals surface area (Å²) in [5.74, 6) is 0.497. The molecular formula is C19H29ClN2O. The molecule has 2 saturated carbocycles. The molecule has 2 atom stereocenters. The summed E-state index contributed by atoms with van der Waals surface area (Å²) in [6.07, 6.45) is 7.45. The second kappa shape index (κ2) is 8.16. The minimum Gasteiger partial charge on any atom is -0.335 e. The van der Waals surface area contributed by atoms with Crippen LogP contribution in [0.3, 0.4) is 0 Å². The van der Waals surface area contributed by atoms with Gasteiger partial charge in [0.15, 0.2) is 0 Å². The van der Waals surface area contributed by atoms with Crippen molar-refractivity contribution in [1.29, 1.82) is 0 Å². The van der Waals surface area contributed by atoms with Gasteiger partial charge < -0.3 is 10.6 Å². The molecule has 128 valence electrons. The molecule has 0 heterocycles. The number of nitrogens with two attached hydrogens (primary N) is 1. The summed E-state index contributed by atoms with van der Waals surface area (Å²) in [5.41, 5.74) is 8.67. The maximum atomic E-state index is 12.9. The Morgan fingerprint density at radius 2 is 1.78 bits per heavy atom. The molecule has 2 unspecified atom stereocenters. The van der Waals surface area contributed by atoms with Crippen LogP contribution in [0, 0.1) is 5.92 Å². The summed E-state index contributed by atoms with van der Waals surface area (Å²) in [6, 6.07) is 9.40. The molecular weight excluding hydrogens is 308 g/mol. The van der Waals surface area contributed by atoms with Gasteiger partial charge in [-0.1, -0.05) is 37.6 Å². The number of halogens is 1. The molecule has 3 rings (SSSR count). The van der Waals surface area contributed by atoms with Crippen LogP contribution in [0.5, 0.6) is 0 Å². The Hall–Kier alpha value is -1.06. The van der Waals surface area contributed by atoms with Crippen molar-refractivity contribution in [2.45, 2.75) is 70.5 Å². The van der Waals surface area contributed by atoms with Gasteiger partial charge in [0, 0.05) is 24.5 Å². The second-order valence-corrected chi connectivity index (χ2v) is 6.99. The van der Waals surface area contributed by atoms with Crippen molar-refractivity contribution < 1.29 is 4.79 Å². The third kappa shape index (κ3) is 4.71. The van der Waals surface area contributed by atoms with E-state index in [0.29, 0.717) is 11.9 Å². The maximum Gasteiger partial charge on any atom is 0.226 e. The van der Waals surface area contributed by atoms with Crippen molar-refractivity contribution in [3.8, 4) is 0 Å². The molecule has 2 aliphatic rings. The Kier molecular flexibility index (Phi) is 6.49. The molecule has 0 saturated heterocycles. The van der Waals surface area contributed by atoms with E-state index in [0.717, 1.165) is 51.5 Å². The summed E-state index contributed by atoms with van der Waals surface area (Å²) in [4.78, 5) is 15.1. The lowest BCUT2D eigenvalue weighted by Gasteiger charge is -2.31. The fourth-order valence-electron chi connectivity index (χ4n) is 3.54. The first kappa shape index (κ1) is 18.3. The molecule has 0 radical (unpaired) electrons. The quantitative estimate of drug-likeness (QED) is 0.891. The van der Waals surface area contributed by atoms with Gasteiger partial charge in [0.2, 0.25) is 5.91 Å². The minimum atomic E-state index is 0. The molecule has 1 aromatic carbocycles. The Balaban J connectivity index is 0.00000192. The zero-order chi connectivity index (χ0) is 15.5. The van der Waals surface area contributed by atoms with Gasteiger partial charge in [-0.3, -0.25) is 4.79 Å². The van der Waals surface area contributed by atoms with Gasteiger partial charge >= 0.3 is 0 Å². The highest BCUT2D eigenvalue weighted by molar-refractivity contribution is 5.85. The molecule has 0 spiro atoms. The highest BCUT2D eigenvalue weighted by Gasteiger charge is 2.37. The molecule has 2 N–H and O–H groups in total. The number of rotatable bonds is 5. The van der Waals surface area contributed by atoms with Gasteiger partial charge in [-0.05, 0) is 49.7 Å². The van der Waals surface area contributed by atoms with Crippen LogP contribution in [0.2, 0.25) is 0 Å². The lowest BCUT2D eigenvalue weighted by molar-refractivity contribution is -0.138. The van der Waals surface area contributed by atoms with Crippen LogP contribution in [-0.2, 0) is 17.8 Å². The lowest BCUT2D eigenvalue weighted by atomic mass is 9.85. The lowest BCUT2D eigenvalue weighted by Crippen LogP contribution is -2.41. The van der Waals surface area contributed by atoms with Crippen molar-refractivity contribution in [3.63, 3.8) is 0 Å². The van der Waals surface area contributed by atoms with Crippen LogP contribution in [0.15, 0.2) is 24.3 Å². The van der Waals surface area contributed by atoms with Crippen LogP contribution < -0.4 is 5.73 Å². The van der Waals surface area contributed by atoms with Gasteiger partial charge in [-0.15, -0.1) is 12.4 Å². The van der Waals surface area contributed by atoms with Crippen LogP contribution in [0.4, 0.5) is 0 Å². The van der Waals surface area contributed by atoms with E-state index in [1.54, 1.807) is 0 Å². The number of carbonyl (C=O) groups is 1. The van der Waals surface area contributed by atoms with Crippen LogP contribution >= 0.6 is 12.4 Å². The predicted octanol–water partition coefficient (Wildman–Crippen LogP) is 3.68.